The zero-order valence-corrected chi connectivity index (χ0v) is 12.1. The third-order valence-electron chi connectivity index (χ3n) is 3.42. The Labute approximate surface area is 115 Å². The Balaban J connectivity index is 2.54. The summed E-state index contributed by atoms with van der Waals surface area (Å²) in [7, 11) is 0. The number of aryl methyl sites for hydroxylation is 1. The van der Waals surface area contributed by atoms with Gasteiger partial charge in [0.1, 0.15) is 5.82 Å². The van der Waals surface area contributed by atoms with Gasteiger partial charge in [-0.25, -0.2) is 4.39 Å². The van der Waals surface area contributed by atoms with Crippen LogP contribution in [0.4, 0.5) is 4.39 Å². The van der Waals surface area contributed by atoms with Crippen LogP contribution >= 0.6 is 0 Å². The number of hydrogen-bond donors (Lipinski definition) is 0. The summed E-state index contributed by atoms with van der Waals surface area (Å²) < 4.78 is 13.5. The van der Waals surface area contributed by atoms with E-state index in [9.17, 15) is 4.39 Å². The molecule has 0 aliphatic rings. The van der Waals surface area contributed by atoms with Gasteiger partial charge in [0.05, 0.1) is 0 Å². The van der Waals surface area contributed by atoms with Gasteiger partial charge in [0.2, 0.25) is 0 Å². The van der Waals surface area contributed by atoms with Crippen LogP contribution in [0.3, 0.4) is 0 Å². The van der Waals surface area contributed by atoms with E-state index in [0.29, 0.717) is 0 Å². The van der Waals surface area contributed by atoms with E-state index in [-0.39, 0.29) is 17.2 Å². The maximum absolute atomic E-state index is 13.5. The Bertz CT molecular complexity index is 518. The fourth-order valence-corrected chi connectivity index (χ4v) is 2.73. The van der Waals surface area contributed by atoms with Gasteiger partial charge in [-0.1, -0.05) is 62.7 Å². The van der Waals surface area contributed by atoms with E-state index >= 15 is 0 Å². The predicted octanol–water partition coefficient (Wildman–Crippen LogP) is 5.31. The lowest BCUT2D eigenvalue weighted by molar-refractivity contribution is 0.357. The standard InChI is InChI=1S/C18H21F/c1-13-7-5-8-14(11-13)17(18(2,3)4)15-9-6-10-16(19)12-15/h5-12,17H,1-4H3. The highest BCUT2D eigenvalue weighted by molar-refractivity contribution is 5.36. The van der Waals surface area contributed by atoms with Crippen LogP contribution in [-0.4, -0.2) is 0 Å². The molecule has 2 aromatic rings. The topological polar surface area (TPSA) is 0 Å². The first-order chi connectivity index (χ1) is 8.88. The van der Waals surface area contributed by atoms with Crippen LogP contribution in [-0.2, 0) is 0 Å². The van der Waals surface area contributed by atoms with Gasteiger partial charge in [-0.2, -0.15) is 0 Å². The van der Waals surface area contributed by atoms with E-state index in [0.717, 1.165) is 5.56 Å². The second-order valence-corrected chi connectivity index (χ2v) is 6.27. The molecule has 0 amide bonds. The molecular weight excluding hydrogens is 235 g/mol. The van der Waals surface area contributed by atoms with Crippen LogP contribution in [0, 0.1) is 18.2 Å². The highest BCUT2D eigenvalue weighted by Gasteiger charge is 2.28. The second-order valence-electron chi connectivity index (χ2n) is 6.27. The van der Waals surface area contributed by atoms with Gasteiger partial charge in [0, 0.05) is 5.92 Å². The maximum atomic E-state index is 13.5. The monoisotopic (exact) mass is 256 g/mol. The Morgan fingerprint density at radius 3 is 2.00 bits per heavy atom. The van der Waals surface area contributed by atoms with Gasteiger partial charge >= 0.3 is 0 Å². The fourth-order valence-electron chi connectivity index (χ4n) is 2.73. The van der Waals surface area contributed by atoms with Crippen LogP contribution in [0.15, 0.2) is 48.5 Å². The molecule has 0 spiro atoms. The highest BCUT2D eigenvalue weighted by atomic mass is 19.1. The van der Waals surface area contributed by atoms with Crippen molar-refractivity contribution >= 4 is 0 Å². The zero-order valence-electron chi connectivity index (χ0n) is 12.1. The molecule has 0 nitrogen and oxygen atoms in total. The summed E-state index contributed by atoms with van der Waals surface area (Å²) in [6.45, 7) is 8.69. The zero-order chi connectivity index (χ0) is 14.0. The predicted molar refractivity (Wildman–Crippen MR) is 78.9 cm³/mol. The van der Waals surface area contributed by atoms with Crippen molar-refractivity contribution in [1.29, 1.82) is 0 Å². The smallest absolute Gasteiger partial charge is 0.123 e. The first-order valence-electron chi connectivity index (χ1n) is 6.70. The third kappa shape index (κ3) is 3.23. The van der Waals surface area contributed by atoms with Gasteiger partial charge in [-0.05, 0) is 35.6 Å². The van der Waals surface area contributed by atoms with Crippen molar-refractivity contribution in [2.45, 2.75) is 33.6 Å². The molecule has 1 heteroatoms. The lowest BCUT2D eigenvalue weighted by Gasteiger charge is -2.32. The highest BCUT2D eigenvalue weighted by Crippen LogP contribution is 2.40. The molecule has 0 aliphatic carbocycles. The lowest BCUT2D eigenvalue weighted by Crippen LogP contribution is -2.20. The van der Waals surface area contributed by atoms with E-state index in [4.69, 9.17) is 0 Å². The summed E-state index contributed by atoms with van der Waals surface area (Å²) in [4.78, 5) is 0. The van der Waals surface area contributed by atoms with Crippen molar-refractivity contribution in [3.63, 3.8) is 0 Å². The molecule has 1 atom stereocenters. The van der Waals surface area contributed by atoms with E-state index in [2.05, 4.69) is 52.0 Å². The molecule has 0 saturated carbocycles. The number of hydrogen-bond acceptors (Lipinski definition) is 0. The van der Waals surface area contributed by atoms with Crippen molar-refractivity contribution in [3.05, 3.63) is 71.0 Å². The van der Waals surface area contributed by atoms with Crippen molar-refractivity contribution in [3.8, 4) is 0 Å². The number of halogens is 1. The minimum absolute atomic E-state index is 0.0432. The molecule has 0 aliphatic heterocycles. The summed E-state index contributed by atoms with van der Waals surface area (Å²) in [5.41, 5.74) is 3.57. The van der Waals surface area contributed by atoms with Gasteiger partial charge in [0.25, 0.3) is 0 Å². The molecule has 0 N–H and O–H groups in total. The van der Waals surface area contributed by atoms with Gasteiger partial charge in [-0.3, -0.25) is 0 Å². The quantitative estimate of drug-likeness (QED) is 0.683. The van der Waals surface area contributed by atoms with Crippen LogP contribution < -0.4 is 0 Å². The van der Waals surface area contributed by atoms with E-state index < -0.39 is 0 Å². The fraction of sp³-hybridized carbons (Fsp3) is 0.333. The molecule has 0 bridgehead atoms. The lowest BCUT2D eigenvalue weighted by atomic mass is 9.72. The average Bonchev–Trinajstić information content (AvgIpc) is 2.27. The van der Waals surface area contributed by atoms with Crippen LogP contribution in [0.2, 0.25) is 0 Å². The minimum Gasteiger partial charge on any atom is -0.207 e. The van der Waals surface area contributed by atoms with Crippen molar-refractivity contribution in [1.82, 2.24) is 0 Å². The van der Waals surface area contributed by atoms with Gasteiger partial charge in [-0.15, -0.1) is 0 Å². The maximum Gasteiger partial charge on any atom is 0.123 e. The summed E-state index contributed by atoms with van der Waals surface area (Å²) in [5.74, 6) is 0.0301. The molecule has 19 heavy (non-hydrogen) atoms. The van der Waals surface area contributed by atoms with Crippen LogP contribution in [0.25, 0.3) is 0 Å². The summed E-state index contributed by atoms with van der Waals surface area (Å²) in [6.07, 6.45) is 0. The Morgan fingerprint density at radius 2 is 1.47 bits per heavy atom. The molecule has 100 valence electrons. The van der Waals surface area contributed by atoms with Crippen molar-refractivity contribution in [2.75, 3.05) is 0 Å². The number of benzene rings is 2. The van der Waals surface area contributed by atoms with Gasteiger partial charge < -0.3 is 0 Å². The summed E-state index contributed by atoms with van der Waals surface area (Å²) in [6, 6.07) is 15.4. The molecule has 0 fully saturated rings. The third-order valence-corrected chi connectivity index (χ3v) is 3.42. The first kappa shape index (κ1) is 13.8. The van der Waals surface area contributed by atoms with Crippen LogP contribution in [0.5, 0.6) is 0 Å². The molecule has 0 saturated heterocycles. The summed E-state index contributed by atoms with van der Waals surface area (Å²) >= 11 is 0. The van der Waals surface area contributed by atoms with E-state index in [1.54, 1.807) is 12.1 Å². The Hall–Kier alpha value is -1.63. The molecular formula is C18H21F. The normalized spacial score (nSPS) is 13.3. The second kappa shape index (κ2) is 5.16. The average molecular weight is 256 g/mol. The molecule has 2 aromatic carbocycles. The molecule has 0 heterocycles. The Kier molecular flexibility index (Phi) is 3.75. The minimum atomic E-state index is -0.167. The molecule has 1 unspecified atom stereocenters. The molecule has 0 aromatic heterocycles. The Morgan fingerprint density at radius 1 is 0.895 bits per heavy atom. The van der Waals surface area contributed by atoms with Crippen molar-refractivity contribution in [2.24, 2.45) is 5.41 Å². The van der Waals surface area contributed by atoms with E-state index in [1.807, 2.05) is 6.07 Å². The first-order valence-corrected chi connectivity index (χ1v) is 6.70. The van der Waals surface area contributed by atoms with E-state index in [1.165, 1.54) is 17.2 Å². The van der Waals surface area contributed by atoms with Gasteiger partial charge in [0.15, 0.2) is 0 Å². The molecule has 2 rings (SSSR count). The largest absolute Gasteiger partial charge is 0.207 e. The number of rotatable bonds is 2. The molecule has 0 radical (unpaired) electrons. The van der Waals surface area contributed by atoms with Crippen molar-refractivity contribution < 1.29 is 4.39 Å². The summed E-state index contributed by atoms with van der Waals surface area (Å²) in [5, 5.41) is 0. The SMILES string of the molecule is Cc1cccc(C(c2cccc(F)c2)C(C)(C)C)c1. The van der Waals surface area contributed by atoms with Crippen LogP contribution in [0.1, 0.15) is 43.4 Å².